The number of rotatable bonds is 7. The number of nitrogens with one attached hydrogen (secondary N) is 2. The Bertz CT molecular complexity index is 1410. The van der Waals surface area contributed by atoms with Crippen molar-refractivity contribution >= 4 is 46.3 Å². The van der Waals surface area contributed by atoms with E-state index in [1.807, 2.05) is 19.1 Å². The molecule has 2 amide bonds. The average Bonchev–Trinajstić information content (AvgIpc) is 3.26. The van der Waals surface area contributed by atoms with Crippen molar-refractivity contribution in [3.8, 4) is 5.75 Å². The minimum absolute atomic E-state index is 0.207. The lowest BCUT2D eigenvalue weighted by Crippen LogP contribution is -2.32. The number of ether oxygens (including phenoxy) is 2. The second-order valence-corrected chi connectivity index (χ2v) is 10.4. The highest BCUT2D eigenvalue weighted by Crippen LogP contribution is 2.40. The summed E-state index contributed by atoms with van der Waals surface area (Å²) < 4.78 is 10.6. The van der Waals surface area contributed by atoms with E-state index in [1.165, 1.54) is 17.6 Å². The van der Waals surface area contributed by atoms with Gasteiger partial charge < -0.3 is 14.8 Å². The van der Waals surface area contributed by atoms with E-state index in [9.17, 15) is 19.2 Å². The molecule has 1 aliphatic rings. The third kappa shape index (κ3) is 6.97. The van der Waals surface area contributed by atoms with Crippen molar-refractivity contribution in [1.29, 1.82) is 0 Å². The number of anilines is 1. The van der Waals surface area contributed by atoms with Gasteiger partial charge in [0.05, 0.1) is 23.9 Å². The van der Waals surface area contributed by atoms with Gasteiger partial charge in [0.15, 0.2) is 0 Å². The van der Waals surface area contributed by atoms with E-state index in [4.69, 9.17) is 9.47 Å². The van der Waals surface area contributed by atoms with Crippen LogP contribution in [0.2, 0.25) is 0 Å². The monoisotopic (exact) mass is 547 g/mol. The Labute approximate surface area is 230 Å². The van der Waals surface area contributed by atoms with Crippen LogP contribution in [-0.2, 0) is 27.2 Å². The molecule has 0 spiro atoms. The number of thiophene rings is 1. The molecular weight excluding hydrogens is 518 g/mol. The number of carbonyl (C=O) groups is 4. The fraction of sp³-hybridized carbons (Fsp3) is 0.276. The van der Waals surface area contributed by atoms with E-state index in [0.29, 0.717) is 33.4 Å². The van der Waals surface area contributed by atoms with E-state index in [1.54, 1.807) is 43.3 Å². The molecule has 1 aliphatic carbocycles. The molecule has 0 unspecified atom stereocenters. The molecule has 0 aliphatic heterocycles. The number of carbonyl (C=O) groups excluding carboxylic acids is 4. The van der Waals surface area contributed by atoms with Crippen LogP contribution in [0, 0.1) is 12.8 Å². The number of benzene rings is 2. The maximum atomic E-state index is 12.6. The molecule has 0 saturated heterocycles. The Hall–Kier alpha value is -4.31. The molecule has 39 heavy (non-hydrogen) atoms. The molecule has 1 heterocycles. The Balaban J connectivity index is 1.34. The van der Waals surface area contributed by atoms with Gasteiger partial charge in [0.2, 0.25) is 0 Å². The molecule has 0 bridgehead atoms. The minimum Gasteiger partial charge on any atom is -0.462 e. The molecule has 202 valence electrons. The molecule has 1 aromatic heterocycles. The van der Waals surface area contributed by atoms with Crippen molar-refractivity contribution in [3.05, 3.63) is 81.2 Å². The first-order chi connectivity index (χ1) is 18.7. The second kappa shape index (κ2) is 12.5. The van der Waals surface area contributed by atoms with Crippen LogP contribution in [0.5, 0.6) is 5.75 Å². The normalized spacial score (nSPS) is 14.4. The van der Waals surface area contributed by atoms with Crippen LogP contribution in [0.25, 0.3) is 0 Å². The summed E-state index contributed by atoms with van der Waals surface area (Å²) in [6.45, 7) is 6.00. The van der Waals surface area contributed by atoms with E-state index in [-0.39, 0.29) is 6.61 Å². The summed E-state index contributed by atoms with van der Waals surface area (Å²) in [5, 5.41) is 6.70. The van der Waals surface area contributed by atoms with Crippen molar-refractivity contribution in [2.75, 3.05) is 11.9 Å². The zero-order valence-electron chi connectivity index (χ0n) is 21.9. The largest absolute Gasteiger partial charge is 0.462 e. The number of aryl methyl sites for hydroxylation is 1. The summed E-state index contributed by atoms with van der Waals surface area (Å²) >= 11 is 1.30. The number of hydrogen-bond acceptors (Lipinski definition) is 8. The molecule has 0 fully saturated rings. The smallest absolute Gasteiger partial charge is 0.343 e. The van der Waals surface area contributed by atoms with Gasteiger partial charge in [0, 0.05) is 4.88 Å². The number of hydrogen-bond donors (Lipinski definition) is 2. The maximum absolute atomic E-state index is 12.6. The van der Waals surface area contributed by atoms with E-state index in [0.717, 1.165) is 35.3 Å². The van der Waals surface area contributed by atoms with Crippen LogP contribution in [-0.4, -0.2) is 36.6 Å². The fourth-order valence-electron chi connectivity index (χ4n) is 4.11. The molecule has 0 saturated carbocycles. The summed E-state index contributed by atoms with van der Waals surface area (Å²) in [7, 11) is 0. The lowest BCUT2D eigenvalue weighted by molar-refractivity contribution is -0.136. The van der Waals surface area contributed by atoms with Crippen molar-refractivity contribution in [2.24, 2.45) is 11.0 Å². The summed E-state index contributed by atoms with van der Waals surface area (Å²) in [6.07, 6.45) is 3.82. The van der Waals surface area contributed by atoms with Gasteiger partial charge in [-0.2, -0.15) is 5.10 Å². The Kier molecular flexibility index (Phi) is 8.88. The molecule has 2 N–H and O–H groups in total. The lowest BCUT2D eigenvalue weighted by atomic mass is 9.88. The highest BCUT2D eigenvalue weighted by atomic mass is 32.1. The average molecular weight is 548 g/mol. The second-order valence-electron chi connectivity index (χ2n) is 9.25. The zero-order valence-corrected chi connectivity index (χ0v) is 22.7. The predicted molar refractivity (Wildman–Crippen MR) is 148 cm³/mol. The first-order valence-corrected chi connectivity index (χ1v) is 13.4. The summed E-state index contributed by atoms with van der Waals surface area (Å²) in [4.78, 5) is 50.8. The van der Waals surface area contributed by atoms with Crippen LogP contribution >= 0.6 is 11.3 Å². The van der Waals surface area contributed by atoms with Crippen LogP contribution in [0.15, 0.2) is 53.6 Å². The van der Waals surface area contributed by atoms with Crippen LogP contribution in [0.4, 0.5) is 5.00 Å². The van der Waals surface area contributed by atoms with Crippen LogP contribution in [0.1, 0.15) is 62.6 Å². The van der Waals surface area contributed by atoms with Gasteiger partial charge in [-0.25, -0.2) is 15.0 Å². The highest BCUT2D eigenvalue weighted by Gasteiger charge is 2.30. The SMILES string of the molecule is CCOC(=O)c1c(NC(=O)C(=O)N/N=C\c2ccc(OC(=O)c3ccc(C)cc3)cc2)sc2c1CC[C@@H](C)C2. The summed E-state index contributed by atoms with van der Waals surface area (Å²) in [5.74, 6) is -2.08. The lowest BCUT2D eigenvalue weighted by Gasteiger charge is -2.18. The first kappa shape index (κ1) is 27.7. The van der Waals surface area contributed by atoms with Crippen molar-refractivity contribution in [1.82, 2.24) is 5.43 Å². The zero-order chi connectivity index (χ0) is 27.9. The van der Waals surface area contributed by atoms with E-state index < -0.39 is 23.8 Å². The standard InChI is InChI=1S/C29H29N3O6S/c1-4-37-29(36)24-22-14-7-18(3)15-23(22)39-27(24)31-25(33)26(34)32-30-16-19-8-12-21(13-9-19)38-28(35)20-10-5-17(2)6-11-20/h5-6,8-13,16,18H,4,7,14-15H2,1-3H3,(H,31,33)(H,32,34)/b30-16-/t18-/m1/s1. The van der Waals surface area contributed by atoms with Crippen molar-refractivity contribution < 1.29 is 28.7 Å². The van der Waals surface area contributed by atoms with Gasteiger partial charge in [0.25, 0.3) is 0 Å². The van der Waals surface area contributed by atoms with Gasteiger partial charge >= 0.3 is 23.8 Å². The Morgan fingerprint density at radius 3 is 2.44 bits per heavy atom. The quantitative estimate of drug-likeness (QED) is 0.146. The maximum Gasteiger partial charge on any atom is 0.343 e. The van der Waals surface area contributed by atoms with Crippen molar-refractivity contribution in [2.45, 2.75) is 40.0 Å². The van der Waals surface area contributed by atoms with Gasteiger partial charge in [-0.1, -0.05) is 24.6 Å². The Morgan fingerprint density at radius 2 is 1.74 bits per heavy atom. The topological polar surface area (TPSA) is 123 Å². The Morgan fingerprint density at radius 1 is 1.03 bits per heavy atom. The van der Waals surface area contributed by atoms with Gasteiger partial charge in [-0.15, -0.1) is 11.3 Å². The van der Waals surface area contributed by atoms with E-state index >= 15 is 0 Å². The molecule has 2 aromatic carbocycles. The third-order valence-electron chi connectivity index (χ3n) is 6.18. The summed E-state index contributed by atoms with van der Waals surface area (Å²) in [6, 6.07) is 13.5. The van der Waals surface area contributed by atoms with Crippen LogP contribution in [0.3, 0.4) is 0 Å². The predicted octanol–water partition coefficient (Wildman–Crippen LogP) is 4.67. The number of fused-ring (bicyclic) bond motifs is 1. The fourth-order valence-corrected chi connectivity index (χ4v) is 5.51. The number of nitrogens with zero attached hydrogens (tertiary/aromatic N) is 1. The molecular formula is C29H29N3O6S. The van der Waals surface area contributed by atoms with Crippen molar-refractivity contribution in [3.63, 3.8) is 0 Å². The first-order valence-electron chi connectivity index (χ1n) is 12.6. The number of hydrazone groups is 1. The molecule has 0 radical (unpaired) electrons. The molecule has 3 aromatic rings. The minimum atomic E-state index is -0.982. The van der Waals surface area contributed by atoms with Crippen LogP contribution < -0.4 is 15.5 Å². The molecule has 10 heteroatoms. The van der Waals surface area contributed by atoms with Gasteiger partial charge in [0.1, 0.15) is 10.8 Å². The van der Waals surface area contributed by atoms with E-state index in [2.05, 4.69) is 22.8 Å². The molecule has 9 nitrogen and oxygen atoms in total. The van der Waals surface area contributed by atoms with Gasteiger partial charge in [-0.05, 0) is 86.6 Å². The summed E-state index contributed by atoms with van der Waals surface area (Å²) in [5.41, 5.74) is 5.50. The number of amides is 2. The number of esters is 2. The molecule has 1 atom stereocenters. The molecule has 4 rings (SSSR count). The van der Waals surface area contributed by atoms with Gasteiger partial charge in [-0.3, -0.25) is 9.59 Å². The third-order valence-corrected chi connectivity index (χ3v) is 7.35. The highest BCUT2D eigenvalue weighted by molar-refractivity contribution is 7.17.